The highest BCUT2D eigenvalue weighted by molar-refractivity contribution is 6.31. The van der Waals surface area contributed by atoms with Crippen molar-refractivity contribution in [3.8, 4) is 0 Å². The van der Waals surface area contributed by atoms with E-state index in [9.17, 15) is 9.18 Å². The summed E-state index contributed by atoms with van der Waals surface area (Å²) in [5, 5.41) is 6.08. The lowest BCUT2D eigenvalue weighted by molar-refractivity contribution is -0.120. The molecule has 0 N–H and O–H groups in total. The molecule has 1 aliphatic rings. The molecule has 2 aromatic heterocycles. The predicted octanol–water partition coefficient (Wildman–Crippen LogP) is 3.43. The number of aromatic nitrogens is 3. The normalized spacial score (nSPS) is 17.9. The largest absolute Gasteiger partial charge is 0.363 e. The molecule has 0 saturated carbocycles. The van der Waals surface area contributed by atoms with Gasteiger partial charge >= 0.3 is 5.97 Å². The van der Waals surface area contributed by atoms with Crippen LogP contribution in [-0.4, -0.2) is 32.2 Å². The van der Waals surface area contributed by atoms with Crippen molar-refractivity contribution in [2.75, 3.05) is 6.54 Å². The Hall–Kier alpha value is -2.51. The summed E-state index contributed by atoms with van der Waals surface area (Å²) >= 11 is 6.20. The van der Waals surface area contributed by atoms with Gasteiger partial charge in [-0.2, -0.15) is 5.10 Å². The van der Waals surface area contributed by atoms with Gasteiger partial charge < -0.3 is 4.84 Å². The van der Waals surface area contributed by atoms with Gasteiger partial charge in [0, 0.05) is 24.0 Å². The van der Waals surface area contributed by atoms with Crippen LogP contribution in [0.5, 0.6) is 0 Å². The summed E-state index contributed by atoms with van der Waals surface area (Å²) in [5.41, 5.74) is 1.31. The number of benzene rings is 1. The van der Waals surface area contributed by atoms with Crippen LogP contribution in [0.2, 0.25) is 5.02 Å². The Balaban J connectivity index is 1.59. The zero-order valence-corrected chi connectivity index (χ0v) is 13.9. The molecule has 0 unspecified atom stereocenters. The summed E-state index contributed by atoms with van der Waals surface area (Å²) in [4.78, 5) is 22.2. The van der Waals surface area contributed by atoms with E-state index in [-0.39, 0.29) is 17.4 Å². The van der Waals surface area contributed by atoms with Crippen LogP contribution in [0.4, 0.5) is 4.39 Å². The van der Waals surface area contributed by atoms with Crippen molar-refractivity contribution in [3.05, 3.63) is 64.8 Å². The zero-order chi connectivity index (χ0) is 17.4. The van der Waals surface area contributed by atoms with Crippen LogP contribution in [-0.2, 0) is 4.84 Å². The van der Waals surface area contributed by atoms with Crippen molar-refractivity contribution >= 4 is 23.2 Å². The van der Waals surface area contributed by atoms with Gasteiger partial charge in [-0.15, -0.1) is 5.06 Å². The van der Waals surface area contributed by atoms with Gasteiger partial charge in [0.15, 0.2) is 5.65 Å². The maximum atomic E-state index is 13.6. The molecule has 3 heterocycles. The highest BCUT2D eigenvalue weighted by atomic mass is 35.5. The van der Waals surface area contributed by atoms with E-state index < -0.39 is 5.97 Å². The first kappa shape index (κ1) is 16.0. The van der Waals surface area contributed by atoms with Gasteiger partial charge in [0.25, 0.3) is 0 Å². The van der Waals surface area contributed by atoms with Crippen LogP contribution in [0.25, 0.3) is 5.65 Å². The highest BCUT2D eigenvalue weighted by Gasteiger charge is 2.32. The summed E-state index contributed by atoms with van der Waals surface area (Å²) in [6.07, 6.45) is 6.25. The highest BCUT2D eigenvalue weighted by Crippen LogP contribution is 2.36. The number of halogens is 2. The lowest BCUT2D eigenvalue weighted by Gasteiger charge is -2.24. The summed E-state index contributed by atoms with van der Waals surface area (Å²) in [6.45, 7) is 0.551. The van der Waals surface area contributed by atoms with E-state index in [2.05, 4.69) is 10.1 Å². The van der Waals surface area contributed by atoms with Crippen LogP contribution in [0.1, 0.15) is 34.8 Å². The number of carbonyl (C=O) groups excluding carboxylic acids is 1. The number of fused-ring (bicyclic) bond motifs is 1. The van der Waals surface area contributed by atoms with Gasteiger partial charge in [-0.3, -0.25) is 0 Å². The Morgan fingerprint density at radius 3 is 3.16 bits per heavy atom. The minimum atomic E-state index is -0.548. The molecule has 0 aliphatic carbocycles. The first-order valence-corrected chi connectivity index (χ1v) is 8.23. The summed E-state index contributed by atoms with van der Waals surface area (Å²) in [6, 6.07) is 5.65. The number of nitrogens with zero attached hydrogens (tertiary/aromatic N) is 4. The van der Waals surface area contributed by atoms with E-state index in [4.69, 9.17) is 16.4 Å². The summed E-state index contributed by atoms with van der Waals surface area (Å²) in [5.74, 6) is -0.919. The second kappa shape index (κ2) is 6.42. The topological polar surface area (TPSA) is 59.7 Å². The molecule has 1 fully saturated rings. The number of hydrogen-bond acceptors (Lipinski definition) is 5. The standard InChI is InChI=1S/C17H14ClFN4O2/c18-14-5-4-11(19)9-12(14)15-3-1-8-23(15)25-17(24)13-10-21-22-7-2-6-20-16(13)22/h2,4-7,9-10,15H,1,3,8H2/t15-/m1/s1. The van der Waals surface area contributed by atoms with Crippen molar-refractivity contribution in [3.63, 3.8) is 0 Å². The van der Waals surface area contributed by atoms with Crippen molar-refractivity contribution in [1.29, 1.82) is 0 Å². The third kappa shape index (κ3) is 2.96. The van der Waals surface area contributed by atoms with Crippen molar-refractivity contribution in [2.24, 2.45) is 0 Å². The van der Waals surface area contributed by atoms with E-state index in [0.717, 1.165) is 12.8 Å². The van der Waals surface area contributed by atoms with Gasteiger partial charge in [0.2, 0.25) is 0 Å². The molecule has 0 bridgehead atoms. The van der Waals surface area contributed by atoms with Crippen LogP contribution < -0.4 is 0 Å². The van der Waals surface area contributed by atoms with Crippen molar-refractivity contribution in [1.82, 2.24) is 19.7 Å². The number of rotatable bonds is 3. The van der Waals surface area contributed by atoms with E-state index in [1.54, 1.807) is 23.5 Å². The molecule has 0 spiro atoms. The second-order valence-corrected chi connectivity index (χ2v) is 6.20. The molecular weight excluding hydrogens is 347 g/mol. The predicted molar refractivity (Wildman–Crippen MR) is 88.5 cm³/mol. The zero-order valence-electron chi connectivity index (χ0n) is 13.1. The maximum absolute atomic E-state index is 13.6. The third-order valence-electron chi connectivity index (χ3n) is 4.22. The number of hydroxylamine groups is 2. The third-order valence-corrected chi connectivity index (χ3v) is 4.56. The van der Waals surface area contributed by atoms with Gasteiger partial charge in [0.1, 0.15) is 11.4 Å². The van der Waals surface area contributed by atoms with Gasteiger partial charge in [-0.05, 0) is 42.7 Å². The minimum absolute atomic E-state index is 0.275. The fourth-order valence-corrected chi connectivity index (χ4v) is 3.30. The van der Waals surface area contributed by atoms with Crippen LogP contribution in [0, 0.1) is 5.82 Å². The molecule has 3 aromatic rings. The first-order chi connectivity index (χ1) is 12.1. The van der Waals surface area contributed by atoms with Crippen LogP contribution >= 0.6 is 11.6 Å². The minimum Gasteiger partial charge on any atom is -0.363 e. The van der Waals surface area contributed by atoms with E-state index in [1.807, 2.05) is 0 Å². The smallest absolute Gasteiger partial charge is 0.362 e. The molecule has 1 atom stereocenters. The lowest BCUT2D eigenvalue weighted by atomic mass is 10.1. The van der Waals surface area contributed by atoms with Crippen LogP contribution in [0.15, 0.2) is 42.9 Å². The molecule has 4 rings (SSSR count). The fraction of sp³-hybridized carbons (Fsp3) is 0.235. The molecule has 0 radical (unpaired) electrons. The Morgan fingerprint density at radius 1 is 1.40 bits per heavy atom. The Labute approximate surface area is 147 Å². The average Bonchev–Trinajstić information content (AvgIpc) is 3.23. The molecule has 1 aliphatic heterocycles. The Kier molecular flexibility index (Phi) is 4.10. The summed E-state index contributed by atoms with van der Waals surface area (Å²) < 4.78 is 15.1. The second-order valence-electron chi connectivity index (χ2n) is 5.79. The molecule has 1 aromatic carbocycles. The van der Waals surface area contributed by atoms with Gasteiger partial charge in [-0.1, -0.05) is 11.6 Å². The molecule has 128 valence electrons. The SMILES string of the molecule is O=C(ON1CCC[C@@H]1c1cc(F)ccc1Cl)c1cnn2cccnc12. The lowest BCUT2D eigenvalue weighted by Crippen LogP contribution is -2.27. The van der Waals surface area contributed by atoms with E-state index in [0.29, 0.717) is 22.8 Å². The van der Waals surface area contributed by atoms with E-state index >= 15 is 0 Å². The molecule has 25 heavy (non-hydrogen) atoms. The van der Waals surface area contributed by atoms with Crippen molar-refractivity contribution in [2.45, 2.75) is 18.9 Å². The first-order valence-electron chi connectivity index (χ1n) is 7.86. The van der Waals surface area contributed by atoms with Gasteiger partial charge in [0.05, 0.1) is 12.2 Å². The molecule has 0 amide bonds. The fourth-order valence-electron chi connectivity index (χ4n) is 3.06. The number of carbonyl (C=O) groups is 1. The summed E-state index contributed by atoms with van der Waals surface area (Å²) in [7, 11) is 0. The van der Waals surface area contributed by atoms with Crippen molar-refractivity contribution < 1.29 is 14.0 Å². The monoisotopic (exact) mass is 360 g/mol. The average molecular weight is 361 g/mol. The maximum Gasteiger partial charge on any atom is 0.362 e. The quantitative estimate of drug-likeness (QED) is 0.716. The molecule has 8 heteroatoms. The van der Waals surface area contributed by atoms with E-state index in [1.165, 1.54) is 28.9 Å². The van der Waals surface area contributed by atoms with Crippen LogP contribution in [0.3, 0.4) is 0 Å². The van der Waals surface area contributed by atoms with Gasteiger partial charge in [-0.25, -0.2) is 18.7 Å². The molecule has 1 saturated heterocycles. The Morgan fingerprint density at radius 2 is 2.28 bits per heavy atom. The molecule has 6 nitrogen and oxygen atoms in total. The molecular formula is C17H14ClFN4O2. The number of hydrogen-bond donors (Lipinski definition) is 0. The Bertz CT molecular complexity index is 945.